The van der Waals surface area contributed by atoms with E-state index >= 15 is 0 Å². The summed E-state index contributed by atoms with van der Waals surface area (Å²) in [5.41, 5.74) is 5.66. The number of nitrogens with zero attached hydrogens (tertiary/aromatic N) is 1. The van der Waals surface area contributed by atoms with Crippen molar-refractivity contribution in [2.75, 3.05) is 6.54 Å². The van der Waals surface area contributed by atoms with Gasteiger partial charge in [0.25, 0.3) is 0 Å². The van der Waals surface area contributed by atoms with Gasteiger partial charge < -0.3 is 0 Å². The van der Waals surface area contributed by atoms with E-state index in [4.69, 9.17) is 0 Å². The summed E-state index contributed by atoms with van der Waals surface area (Å²) in [6, 6.07) is 6.21. The van der Waals surface area contributed by atoms with E-state index in [9.17, 15) is 8.42 Å². The number of benzene rings is 1. The molecule has 0 fully saturated rings. The molecular formula is C21H27NO2S. The van der Waals surface area contributed by atoms with Gasteiger partial charge in [-0.1, -0.05) is 42.0 Å². The predicted molar refractivity (Wildman–Crippen MR) is 105 cm³/mol. The summed E-state index contributed by atoms with van der Waals surface area (Å²) >= 11 is 0. The third kappa shape index (κ3) is 3.20. The molecule has 0 saturated carbocycles. The Kier molecular flexibility index (Phi) is 4.67. The quantitative estimate of drug-likeness (QED) is 0.784. The maximum Gasteiger partial charge on any atom is 0.244 e. The molecule has 1 aliphatic carbocycles. The Labute approximate surface area is 151 Å². The van der Waals surface area contributed by atoms with Crippen molar-refractivity contribution in [1.82, 2.24) is 4.31 Å². The Hall–Kier alpha value is -1.81. The SMILES string of the molecule is CC1=CC(c2cccc(C)c2C)=CC(C)(S(=O)(=O)N2C=CCCC2)C1. The summed E-state index contributed by atoms with van der Waals surface area (Å²) in [4.78, 5) is 0. The summed E-state index contributed by atoms with van der Waals surface area (Å²) in [5.74, 6) is 0. The molecule has 25 heavy (non-hydrogen) atoms. The van der Waals surface area contributed by atoms with E-state index in [1.807, 2.05) is 32.1 Å². The van der Waals surface area contributed by atoms with Crippen molar-refractivity contribution in [3.8, 4) is 0 Å². The maximum absolute atomic E-state index is 13.3. The molecule has 0 radical (unpaired) electrons. The van der Waals surface area contributed by atoms with Crippen molar-refractivity contribution in [1.29, 1.82) is 0 Å². The molecule has 1 unspecified atom stereocenters. The van der Waals surface area contributed by atoms with Gasteiger partial charge in [-0.2, -0.15) is 0 Å². The Balaban J connectivity index is 2.09. The molecule has 0 bridgehead atoms. The summed E-state index contributed by atoms with van der Waals surface area (Å²) < 4.78 is 27.3. The lowest BCUT2D eigenvalue weighted by molar-refractivity contribution is 0.453. The molecule has 2 aliphatic rings. The minimum Gasteiger partial charge on any atom is -0.277 e. The second-order valence-electron chi connectivity index (χ2n) is 7.47. The minimum absolute atomic E-state index is 0.536. The summed E-state index contributed by atoms with van der Waals surface area (Å²) in [6.07, 6.45) is 10.1. The standard InChI is InChI=1S/C21H27NO2S/c1-16-13-19(20-10-8-9-17(2)18(20)3)15-21(4,14-16)25(23,24)22-11-6-5-7-12-22/h6,8-11,13,15H,5,7,12,14H2,1-4H3. The second-order valence-corrected chi connectivity index (χ2v) is 9.82. The van der Waals surface area contributed by atoms with Crippen LogP contribution >= 0.6 is 0 Å². The highest BCUT2D eigenvalue weighted by Crippen LogP contribution is 2.39. The number of aryl methyl sites for hydroxylation is 1. The second kappa shape index (κ2) is 6.49. The molecule has 1 aromatic carbocycles. The average Bonchev–Trinajstić information content (AvgIpc) is 2.57. The van der Waals surface area contributed by atoms with Gasteiger partial charge in [0.2, 0.25) is 10.0 Å². The predicted octanol–water partition coefficient (Wildman–Crippen LogP) is 4.73. The lowest BCUT2D eigenvalue weighted by Crippen LogP contribution is -2.45. The van der Waals surface area contributed by atoms with Gasteiger partial charge in [-0.25, -0.2) is 8.42 Å². The van der Waals surface area contributed by atoms with Crippen LogP contribution in [0.1, 0.15) is 49.8 Å². The Morgan fingerprint density at radius 2 is 1.92 bits per heavy atom. The number of rotatable bonds is 3. The first-order chi connectivity index (χ1) is 11.7. The highest BCUT2D eigenvalue weighted by molar-refractivity contribution is 7.90. The van der Waals surface area contributed by atoms with Gasteiger partial charge in [0, 0.05) is 12.7 Å². The third-order valence-corrected chi connectivity index (χ3v) is 7.69. The first-order valence-electron chi connectivity index (χ1n) is 8.89. The zero-order valence-electron chi connectivity index (χ0n) is 15.5. The van der Waals surface area contributed by atoms with Crippen LogP contribution in [-0.2, 0) is 10.0 Å². The molecule has 0 aromatic heterocycles. The molecule has 1 aliphatic heterocycles. The first kappa shape index (κ1) is 18.0. The van der Waals surface area contributed by atoms with Crippen molar-refractivity contribution in [2.24, 2.45) is 0 Å². The van der Waals surface area contributed by atoms with Gasteiger partial charge in [-0.3, -0.25) is 4.31 Å². The Bertz CT molecular complexity index is 877. The lowest BCUT2D eigenvalue weighted by Gasteiger charge is -2.36. The van der Waals surface area contributed by atoms with Gasteiger partial charge in [0.15, 0.2) is 0 Å². The van der Waals surface area contributed by atoms with Crippen LogP contribution < -0.4 is 0 Å². The van der Waals surface area contributed by atoms with Gasteiger partial charge in [0.1, 0.15) is 4.75 Å². The Morgan fingerprint density at radius 1 is 1.16 bits per heavy atom. The van der Waals surface area contributed by atoms with Crippen LogP contribution in [0.4, 0.5) is 0 Å². The molecular weight excluding hydrogens is 330 g/mol. The van der Waals surface area contributed by atoms with Crippen LogP contribution in [0.5, 0.6) is 0 Å². The van der Waals surface area contributed by atoms with Crippen molar-refractivity contribution >= 4 is 15.6 Å². The highest BCUT2D eigenvalue weighted by Gasteiger charge is 2.42. The summed E-state index contributed by atoms with van der Waals surface area (Å²) in [5, 5.41) is 0. The van der Waals surface area contributed by atoms with Crippen molar-refractivity contribution in [3.63, 3.8) is 0 Å². The zero-order chi connectivity index (χ0) is 18.2. The highest BCUT2D eigenvalue weighted by atomic mass is 32.2. The zero-order valence-corrected chi connectivity index (χ0v) is 16.4. The summed E-state index contributed by atoms with van der Waals surface area (Å²) in [7, 11) is -3.45. The van der Waals surface area contributed by atoms with Crippen molar-refractivity contribution < 1.29 is 8.42 Å². The Morgan fingerprint density at radius 3 is 2.60 bits per heavy atom. The molecule has 0 saturated heterocycles. The van der Waals surface area contributed by atoms with Crippen molar-refractivity contribution in [3.05, 3.63) is 64.9 Å². The van der Waals surface area contributed by atoms with Crippen molar-refractivity contribution in [2.45, 2.75) is 51.7 Å². The maximum atomic E-state index is 13.3. The van der Waals surface area contributed by atoms with E-state index in [2.05, 4.69) is 32.1 Å². The normalized spacial score (nSPS) is 24.1. The number of allylic oxidation sites excluding steroid dienone is 4. The molecule has 0 N–H and O–H groups in total. The topological polar surface area (TPSA) is 37.4 Å². The first-order valence-corrected chi connectivity index (χ1v) is 10.3. The van der Waals surface area contributed by atoms with E-state index in [-0.39, 0.29) is 0 Å². The number of hydrogen-bond acceptors (Lipinski definition) is 2. The van der Waals surface area contributed by atoms with Crippen LogP contribution in [0.2, 0.25) is 0 Å². The smallest absolute Gasteiger partial charge is 0.244 e. The molecule has 4 heteroatoms. The fourth-order valence-electron chi connectivity index (χ4n) is 3.78. The van der Waals surface area contributed by atoms with Crippen LogP contribution in [-0.4, -0.2) is 24.0 Å². The number of sulfonamides is 1. The third-order valence-electron chi connectivity index (χ3n) is 5.33. The molecule has 3 rings (SSSR count). The van der Waals surface area contributed by atoms with E-state index in [0.717, 1.165) is 29.6 Å². The monoisotopic (exact) mass is 357 g/mol. The molecule has 0 spiro atoms. The van der Waals surface area contributed by atoms with Gasteiger partial charge in [0.05, 0.1) is 0 Å². The molecule has 1 heterocycles. The largest absolute Gasteiger partial charge is 0.277 e. The van der Waals surface area contributed by atoms with Gasteiger partial charge in [-0.05, 0) is 69.2 Å². The summed E-state index contributed by atoms with van der Waals surface area (Å²) in [6.45, 7) is 8.64. The van der Waals surface area contributed by atoms with Crippen LogP contribution in [0.25, 0.3) is 5.57 Å². The minimum atomic E-state index is -3.45. The van der Waals surface area contributed by atoms with E-state index in [1.54, 1.807) is 6.20 Å². The van der Waals surface area contributed by atoms with Crippen LogP contribution in [0.3, 0.4) is 0 Å². The van der Waals surface area contributed by atoms with E-state index in [1.165, 1.54) is 15.4 Å². The van der Waals surface area contributed by atoms with Gasteiger partial charge >= 0.3 is 0 Å². The van der Waals surface area contributed by atoms with E-state index in [0.29, 0.717) is 13.0 Å². The van der Waals surface area contributed by atoms with E-state index < -0.39 is 14.8 Å². The lowest BCUT2D eigenvalue weighted by atomic mass is 9.86. The van der Waals surface area contributed by atoms with Crippen LogP contribution in [0.15, 0.2) is 48.2 Å². The van der Waals surface area contributed by atoms with Crippen LogP contribution in [0, 0.1) is 13.8 Å². The number of hydrogen-bond donors (Lipinski definition) is 0. The molecule has 0 amide bonds. The average molecular weight is 358 g/mol. The fourth-order valence-corrected chi connectivity index (χ4v) is 5.61. The molecule has 134 valence electrons. The fraction of sp³-hybridized carbons (Fsp3) is 0.429. The molecule has 1 aromatic rings. The van der Waals surface area contributed by atoms with Gasteiger partial charge in [-0.15, -0.1) is 0 Å². The molecule has 3 nitrogen and oxygen atoms in total. The molecule has 1 atom stereocenters.